The molecule has 0 aliphatic carbocycles. The summed E-state index contributed by atoms with van der Waals surface area (Å²) in [5, 5.41) is 8.26. The molecule has 0 atom stereocenters. The Kier molecular flexibility index (Phi) is 4.42. The summed E-state index contributed by atoms with van der Waals surface area (Å²) in [7, 11) is 0. The van der Waals surface area contributed by atoms with E-state index >= 15 is 0 Å². The van der Waals surface area contributed by atoms with E-state index in [9.17, 15) is 9.59 Å². The molecule has 0 aliphatic rings. The molecule has 3 rings (SSSR count). The molecule has 5 heteroatoms. The van der Waals surface area contributed by atoms with Gasteiger partial charge in [-0.05, 0) is 31.0 Å². The summed E-state index contributed by atoms with van der Waals surface area (Å²) >= 11 is 0. The number of nitrogens with one attached hydrogen (secondary N) is 1. The number of nitrogens with zero attached hydrogens (tertiary/aromatic N) is 2. The lowest BCUT2D eigenvalue weighted by Gasteiger charge is -2.12. The van der Waals surface area contributed by atoms with E-state index in [4.69, 9.17) is 0 Å². The maximum absolute atomic E-state index is 12.8. The summed E-state index contributed by atoms with van der Waals surface area (Å²) in [5.74, 6) is -0.311. The predicted octanol–water partition coefficient (Wildman–Crippen LogP) is 3.23. The van der Waals surface area contributed by atoms with Crippen molar-refractivity contribution in [1.82, 2.24) is 9.78 Å². The first-order valence-corrected chi connectivity index (χ1v) is 8.04. The number of amides is 1. The highest BCUT2D eigenvalue weighted by molar-refractivity contribution is 6.11. The summed E-state index contributed by atoms with van der Waals surface area (Å²) in [6.45, 7) is 4.28. The average molecular weight is 321 g/mol. The molecule has 0 unspecified atom stereocenters. The zero-order chi connectivity index (χ0) is 17.1. The normalized spacial score (nSPS) is 10.8. The zero-order valence-electron chi connectivity index (χ0n) is 13.7. The Morgan fingerprint density at radius 2 is 1.71 bits per heavy atom. The second-order valence-electron chi connectivity index (χ2n) is 5.48. The summed E-state index contributed by atoms with van der Waals surface area (Å²) < 4.78 is 1.32. The number of hydrogen-bond acceptors (Lipinski definition) is 3. The molecule has 5 nitrogen and oxygen atoms in total. The predicted molar refractivity (Wildman–Crippen MR) is 95.5 cm³/mol. The van der Waals surface area contributed by atoms with E-state index < -0.39 is 0 Å². The molecule has 0 bridgehead atoms. The average Bonchev–Trinajstić information content (AvgIpc) is 2.62. The van der Waals surface area contributed by atoms with Crippen molar-refractivity contribution in [2.75, 3.05) is 5.32 Å². The minimum Gasteiger partial charge on any atom is -0.320 e. The van der Waals surface area contributed by atoms with Gasteiger partial charge in [-0.25, -0.2) is 4.68 Å². The van der Waals surface area contributed by atoms with Crippen LogP contribution < -0.4 is 10.9 Å². The van der Waals surface area contributed by atoms with Crippen LogP contribution in [0.15, 0.2) is 53.3 Å². The minimum absolute atomic E-state index is 0.182. The molecule has 2 aromatic carbocycles. The third kappa shape index (κ3) is 2.80. The van der Waals surface area contributed by atoms with E-state index in [1.54, 1.807) is 24.3 Å². The van der Waals surface area contributed by atoms with E-state index in [1.807, 2.05) is 38.1 Å². The fourth-order valence-electron chi connectivity index (χ4n) is 2.75. The topological polar surface area (TPSA) is 64.0 Å². The molecular weight excluding hydrogens is 302 g/mol. The van der Waals surface area contributed by atoms with E-state index in [0.717, 1.165) is 17.7 Å². The van der Waals surface area contributed by atoms with E-state index in [2.05, 4.69) is 10.4 Å². The van der Waals surface area contributed by atoms with Crippen molar-refractivity contribution in [2.45, 2.75) is 26.8 Å². The van der Waals surface area contributed by atoms with Gasteiger partial charge in [0, 0.05) is 17.6 Å². The van der Waals surface area contributed by atoms with Crippen LogP contribution in [0.5, 0.6) is 0 Å². The number of rotatable bonds is 4. The van der Waals surface area contributed by atoms with Gasteiger partial charge in [0.1, 0.15) is 0 Å². The van der Waals surface area contributed by atoms with Crippen molar-refractivity contribution < 1.29 is 4.79 Å². The highest BCUT2D eigenvalue weighted by Crippen LogP contribution is 2.19. The molecule has 1 N–H and O–H groups in total. The van der Waals surface area contributed by atoms with Gasteiger partial charge in [0.2, 0.25) is 0 Å². The Morgan fingerprint density at radius 3 is 2.42 bits per heavy atom. The van der Waals surface area contributed by atoms with Gasteiger partial charge >= 0.3 is 0 Å². The van der Waals surface area contributed by atoms with Crippen molar-refractivity contribution in [3.05, 3.63) is 70.1 Å². The first-order chi connectivity index (χ1) is 11.7. The molecule has 0 radical (unpaired) electrons. The molecule has 1 aromatic heterocycles. The molecule has 1 heterocycles. The quantitative estimate of drug-likeness (QED) is 0.802. The van der Waals surface area contributed by atoms with Gasteiger partial charge < -0.3 is 5.32 Å². The van der Waals surface area contributed by atoms with Crippen LogP contribution >= 0.6 is 0 Å². The smallest absolute Gasteiger partial charge is 0.276 e. The van der Waals surface area contributed by atoms with Gasteiger partial charge in [0.15, 0.2) is 5.69 Å². The fraction of sp³-hybridized carbons (Fsp3) is 0.211. The molecule has 0 aliphatic heterocycles. The van der Waals surface area contributed by atoms with Crippen LogP contribution in [0.3, 0.4) is 0 Å². The highest BCUT2D eigenvalue weighted by Gasteiger charge is 2.17. The van der Waals surface area contributed by atoms with Crippen LogP contribution in [0, 0.1) is 0 Å². The molecule has 0 saturated heterocycles. The van der Waals surface area contributed by atoms with Crippen LogP contribution in [-0.2, 0) is 13.0 Å². The van der Waals surface area contributed by atoms with Crippen molar-refractivity contribution in [2.24, 2.45) is 0 Å². The van der Waals surface area contributed by atoms with Crippen LogP contribution in [-0.4, -0.2) is 15.7 Å². The lowest BCUT2D eigenvalue weighted by Crippen LogP contribution is -2.27. The Bertz CT molecular complexity index is 960. The lowest BCUT2D eigenvalue weighted by atomic mass is 10.1. The van der Waals surface area contributed by atoms with Gasteiger partial charge in [-0.2, -0.15) is 5.10 Å². The second-order valence-corrected chi connectivity index (χ2v) is 5.48. The molecule has 0 fully saturated rings. The van der Waals surface area contributed by atoms with Crippen LogP contribution in [0.25, 0.3) is 10.8 Å². The van der Waals surface area contributed by atoms with Crippen molar-refractivity contribution >= 4 is 22.4 Å². The maximum atomic E-state index is 12.8. The van der Waals surface area contributed by atoms with Gasteiger partial charge in [-0.1, -0.05) is 43.3 Å². The van der Waals surface area contributed by atoms with E-state index in [0.29, 0.717) is 17.3 Å². The number of carbonyl (C=O) groups excluding carboxylic acids is 1. The monoisotopic (exact) mass is 321 g/mol. The largest absolute Gasteiger partial charge is 0.320 e. The lowest BCUT2D eigenvalue weighted by molar-refractivity contribution is 0.102. The molecule has 3 aromatic rings. The summed E-state index contributed by atoms with van der Waals surface area (Å²) in [5.41, 5.74) is 1.90. The van der Waals surface area contributed by atoms with Gasteiger partial charge in [-0.15, -0.1) is 0 Å². The number of hydrogen-bond donors (Lipinski definition) is 1. The number of benzene rings is 2. The Hall–Kier alpha value is -2.95. The van der Waals surface area contributed by atoms with E-state index in [1.165, 1.54) is 4.68 Å². The summed E-state index contributed by atoms with van der Waals surface area (Å²) in [6.07, 6.45) is 0.819. The molecule has 0 saturated carbocycles. The summed E-state index contributed by atoms with van der Waals surface area (Å²) in [4.78, 5) is 25.1. The number of anilines is 1. The van der Waals surface area contributed by atoms with Crippen LogP contribution in [0.4, 0.5) is 5.69 Å². The molecule has 1 amide bonds. The van der Waals surface area contributed by atoms with Gasteiger partial charge in [-0.3, -0.25) is 9.59 Å². The van der Waals surface area contributed by atoms with Gasteiger partial charge in [0.05, 0.1) is 5.39 Å². The summed E-state index contributed by atoms with van der Waals surface area (Å²) in [6, 6.07) is 14.7. The van der Waals surface area contributed by atoms with Crippen molar-refractivity contribution in [3.63, 3.8) is 0 Å². The first kappa shape index (κ1) is 15.9. The van der Waals surface area contributed by atoms with Crippen LogP contribution in [0.1, 0.15) is 29.9 Å². The Morgan fingerprint density at radius 1 is 1.04 bits per heavy atom. The highest BCUT2D eigenvalue weighted by atomic mass is 16.2. The van der Waals surface area contributed by atoms with Crippen LogP contribution in [0.2, 0.25) is 0 Å². The third-order valence-electron chi connectivity index (χ3n) is 4.03. The molecule has 24 heavy (non-hydrogen) atoms. The van der Waals surface area contributed by atoms with E-state index in [-0.39, 0.29) is 17.2 Å². The third-order valence-corrected chi connectivity index (χ3v) is 4.03. The number of aromatic nitrogens is 2. The van der Waals surface area contributed by atoms with Crippen molar-refractivity contribution in [3.8, 4) is 0 Å². The number of carbonyl (C=O) groups is 1. The molecular formula is C19H19N3O2. The Labute approximate surface area is 139 Å². The molecule has 0 spiro atoms. The fourth-order valence-corrected chi connectivity index (χ4v) is 2.75. The molecule has 122 valence electrons. The zero-order valence-corrected chi connectivity index (χ0v) is 13.7. The maximum Gasteiger partial charge on any atom is 0.276 e. The number of aryl methyl sites for hydroxylation is 2. The minimum atomic E-state index is -0.311. The first-order valence-electron chi connectivity index (χ1n) is 8.04. The standard InChI is InChI=1S/C19H19N3O2/c1-3-13-9-5-8-12-16(13)20-18(23)17-14-10-6-7-11-15(14)19(24)22(4-2)21-17/h5-12H,3-4H2,1-2H3,(H,20,23). The SMILES string of the molecule is CCc1ccccc1NC(=O)c1nn(CC)c(=O)c2ccccc12. The van der Waals surface area contributed by atoms with Gasteiger partial charge in [0.25, 0.3) is 11.5 Å². The number of para-hydroxylation sites is 1. The van der Waals surface area contributed by atoms with Crippen molar-refractivity contribution in [1.29, 1.82) is 0 Å². The Balaban J connectivity index is 2.10. The number of fused-ring (bicyclic) bond motifs is 1. The second kappa shape index (κ2) is 6.66.